The fourth-order valence-electron chi connectivity index (χ4n) is 3.58. The Hall–Kier alpha value is -4.03. The van der Waals surface area contributed by atoms with Crippen LogP contribution in [0.15, 0.2) is 58.6 Å². The summed E-state index contributed by atoms with van der Waals surface area (Å²) in [6.45, 7) is 3.87. The Kier molecular flexibility index (Phi) is 5.71. The lowest BCUT2D eigenvalue weighted by molar-refractivity contribution is -0.384. The van der Waals surface area contributed by atoms with Crippen LogP contribution in [0.5, 0.6) is 5.75 Å². The van der Waals surface area contributed by atoms with Gasteiger partial charge in [-0.1, -0.05) is 12.1 Å². The Labute approximate surface area is 188 Å². The van der Waals surface area contributed by atoms with Gasteiger partial charge in [0.05, 0.1) is 39.7 Å². The Balaban J connectivity index is 1.71. The summed E-state index contributed by atoms with van der Waals surface area (Å²) in [5.74, 6) is 0.397. The number of aromatic nitrogens is 3. The summed E-state index contributed by atoms with van der Waals surface area (Å²) >= 11 is 1.27. The molecule has 0 bridgehead atoms. The molecule has 2 aromatic heterocycles. The van der Waals surface area contributed by atoms with Gasteiger partial charge in [0.1, 0.15) is 11.8 Å². The van der Waals surface area contributed by atoms with E-state index in [1.54, 1.807) is 6.07 Å². The monoisotopic (exact) mass is 445 g/mol. The molecule has 4 rings (SSSR count). The number of nitro benzene ring substituents is 1. The number of hydrogen-bond donors (Lipinski definition) is 1. The normalized spacial score (nSPS) is 11.5. The molecule has 2 heterocycles. The van der Waals surface area contributed by atoms with Crippen LogP contribution in [0.4, 0.5) is 5.69 Å². The molecule has 0 aliphatic heterocycles. The minimum atomic E-state index is -0.454. The predicted octanol–water partition coefficient (Wildman–Crippen LogP) is 5.54. The molecule has 1 N–H and O–H groups in total. The van der Waals surface area contributed by atoms with Gasteiger partial charge in [0.15, 0.2) is 5.16 Å². The van der Waals surface area contributed by atoms with Crippen LogP contribution < -0.4 is 4.74 Å². The number of allylic oxidation sites excluding steroid dienone is 1. The van der Waals surface area contributed by atoms with E-state index in [1.807, 2.05) is 54.8 Å². The molecule has 0 amide bonds. The minimum Gasteiger partial charge on any atom is -0.494 e. The number of nitrogens with one attached hydrogen (secondary N) is 1. The highest BCUT2D eigenvalue weighted by atomic mass is 32.2. The average Bonchev–Trinajstić information content (AvgIpc) is 3.32. The predicted molar refractivity (Wildman–Crippen MR) is 124 cm³/mol. The maximum Gasteiger partial charge on any atom is 0.273 e. The van der Waals surface area contributed by atoms with E-state index in [0.29, 0.717) is 21.5 Å². The number of fused-ring (bicyclic) bond motifs is 1. The third-order valence-corrected chi connectivity index (χ3v) is 5.87. The lowest BCUT2D eigenvalue weighted by Gasteiger charge is -2.13. The van der Waals surface area contributed by atoms with Crippen LogP contribution in [0.3, 0.4) is 0 Å². The van der Waals surface area contributed by atoms with Gasteiger partial charge in [-0.25, -0.2) is 4.98 Å². The van der Waals surface area contributed by atoms with E-state index in [-0.39, 0.29) is 5.69 Å². The fraction of sp³-hybridized carbons (Fsp3) is 0.130. The number of imidazole rings is 1. The second-order valence-electron chi connectivity index (χ2n) is 7.06. The van der Waals surface area contributed by atoms with E-state index < -0.39 is 4.92 Å². The number of para-hydroxylation sites is 2. The van der Waals surface area contributed by atoms with Crippen molar-refractivity contribution in [3.05, 3.63) is 80.5 Å². The van der Waals surface area contributed by atoms with Crippen LogP contribution in [0, 0.1) is 35.3 Å². The molecule has 2 aromatic carbocycles. The molecule has 32 heavy (non-hydrogen) atoms. The van der Waals surface area contributed by atoms with Crippen LogP contribution in [-0.2, 0) is 0 Å². The second kappa shape index (κ2) is 8.61. The van der Waals surface area contributed by atoms with Crippen molar-refractivity contribution in [1.29, 1.82) is 5.26 Å². The number of ether oxygens (including phenoxy) is 1. The highest BCUT2D eigenvalue weighted by Gasteiger charge is 2.17. The lowest BCUT2D eigenvalue weighted by atomic mass is 10.2. The van der Waals surface area contributed by atoms with Crippen molar-refractivity contribution in [2.45, 2.75) is 19.0 Å². The molecule has 0 aliphatic carbocycles. The standard InChI is InChI=1S/C23H19N5O3S/c1-14-10-16(11-18(13-24)32-23-25-19-6-4-5-7-20(19)26-23)15(2)27(14)21-9-8-17(28(29)30)12-22(21)31-3/h4-12H,1-3H3,(H,25,26)/b18-11+. The summed E-state index contributed by atoms with van der Waals surface area (Å²) in [7, 11) is 1.48. The van der Waals surface area contributed by atoms with Crippen LogP contribution >= 0.6 is 11.8 Å². The first-order valence-electron chi connectivity index (χ1n) is 9.67. The first-order valence-corrected chi connectivity index (χ1v) is 10.5. The van der Waals surface area contributed by atoms with Gasteiger partial charge in [-0.05, 0) is 61.5 Å². The number of rotatable bonds is 6. The number of nitrogens with zero attached hydrogens (tertiary/aromatic N) is 4. The number of nitro groups is 1. The summed E-state index contributed by atoms with van der Waals surface area (Å²) in [6, 6.07) is 16.4. The maximum absolute atomic E-state index is 11.1. The van der Waals surface area contributed by atoms with Gasteiger partial charge in [-0.3, -0.25) is 10.1 Å². The zero-order valence-corrected chi connectivity index (χ0v) is 18.4. The summed E-state index contributed by atoms with van der Waals surface area (Å²) in [5.41, 5.74) is 5.06. The van der Waals surface area contributed by atoms with Crippen LogP contribution in [0.1, 0.15) is 17.0 Å². The zero-order chi connectivity index (χ0) is 22.8. The van der Waals surface area contributed by atoms with Gasteiger partial charge in [-0.15, -0.1) is 0 Å². The van der Waals surface area contributed by atoms with Crippen molar-refractivity contribution in [2.75, 3.05) is 7.11 Å². The van der Waals surface area contributed by atoms with Crippen molar-refractivity contribution in [3.8, 4) is 17.5 Å². The van der Waals surface area contributed by atoms with Crippen molar-refractivity contribution in [2.24, 2.45) is 0 Å². The van der Waals surface area contributed by atoms with E-state index in [9.17, 15) is 15.4 Å². The summed E-state index contributed by atoms with van der Waals surface area (Å²) in [6.07, 6.45) is 1.81. The Morgan fingerprint density at radius 3 is 2.75 bits per heavy atom. The fourth-order valence-corrected chi connectivity index (χ4v) is 4.32. The quantitative estimate of drug-likeness (QED) is 0.180. The molecule has 4 aromatic rings. The molecule has 160 valence electrons. The number of thioether (sulfide) groups is 1. The van der Waals surface area contributed by atoms with Crippen molar-refractivity contribution in [1.82, 2.24) is 14.5 Å². The number of non-ortho nitro benzene ring substituents is 1. The van der Waals surface area contributed by atoms with Gasteiger partial charge in [0.2, 0.25) is 0 Å². The van der Waals surface area contributed by atoms with E-state index in [4.69, 9.17) is 4.74 Å². The van der Waals surface area contributed by atoms with Gasteiger partial charge in [0.25, 0.3) is 5.69 Å². The number of methoxy groups -OCH3 is 1. The molecule has 0 saturated carbocycles. The largest absolute Gasteiger partial charge is 0.494 e. The molecule has 0 fully saturated rings. The average molecular weight is 446 g/mol. The number of aryl methyl sites for hydroxylation is 1. The van der Waals surface area contributed by atoms with Gasteiger partial charge in [0, 0.05) is 17.5 Å². The Morgan fingerprint density at radius 1 is 1.28 bits per heavy atom. The van der Waals surface area contributed by atoms with Gasteiger partial charge in [-0.2, -0.15) is 5.26 Å². The Morgan fingerprint density at radius 2 is 2.06 bits per heavy atom. The first-order chi connectivity index (χ1) is 15.4. The van der Waals surface area contributed by atoms with Gasteiger partial charge >= 0.3 is 0 Å². The molecule has 0 spiro atoms. The number of nitriles is 1. The lowest BCUT2D eigenvalue weighted by Crippen LogP contribution is -2.03. The Bertz CT molecular complexity index is 1380. The summed E-state index contributed by atoms with van der Waals surface area (Å²) < 4.78 is 7.36. The van der Waals surface area contributed by atoms with Crippen molar-refractivity contribution in [3.63, 3.8) is 0 Å². The molecular formula is C23H19N5O3S. The summed E-state index contributed by atoms with van der Waals surface area (Å²) in [5, 5.41) is 21.5. The van der Waals surface area contributed by atoms with E-state index >= 15 is 0 Å². The van der Waals surface area contributed by atoms with Crippen LogP contribution in [0.25, 0.3) is 22.8 Å². The highest BCUT2D eigenvalue weighted by Crippen LogP contribution is 2.33. The number of benzene rings is 2. The number of aromatic amines is 1. The molecule has 8 nitrogen and oxygen atoms in total. The third-order valence-electron chi connectivity index (χ3n) is 5.06. The SMILES string of the molecule is COc1cc([N+](=O)[O-])ccc1-n1c(C)cc(/C=C(\C#N)Sc2nc3ccccc3[nH]2)c1C. The molecular weight excluding hydrogens is 426 g/mol. The topological polar surface area (TPSA) is 110 Å². The maximum atomic E-state index is 11.1. The molecule has 0 atom stereocenters. The number of hydrogen-bond acceptors (Lipinski definition) is 6. The number of H-pyrrole nitrogens is 1. The van der Waals surface area contributed by atoms with Crippen molar-refractivity contribution < 1.29 is 9.66 Å². The van der Waals surface area contributed by atoms with Crippen LogP contribution in [-0.4, -0.2) is 26.6 Å². The smallest absolute Gasteiger partial charge is 0.273 e. The van der Waals surface area contributed by atoms with E-state index in [1.165, 1.54) is 31.0 Å². The molecule has 0 radical (unpaired) electrons. The van der Waals surface area contributed by atoms with Crippen molar-refractivity contribution >= 4 is 34.6 Å². The molecule has 0 saturated heterocycles. The van der Waals surface area contributed by atoms with E-state index in [2.05, 4.69) is 16.0 Å². The first kappa shape index (κ1) is 21.2. The molecule has 0 unspecified atom stereocenters. The summed E-state index contributed by atoms with van der Waals surface area (Å²) in [4.78, 5) is 18.9. The molecule has 0 aliphatic rings. The zero-order valence-electron chi connectivity index (χ0n) is 17.6. The third kappa shape index (κ3) is 3.96. The van der Waals surface area contributed by atoms with Gasteiger partial charge < -0.3 is 14.3 Å². The minimum absolute atomic E-state index is 0.0396. The van der Waals surface area contributed by atoms with Crippen LogP contribution in [0.2, 0.25) is 0 Å². The molecule has 9 heteroatoms. The second-order valence-corrected chi connectivity index (χ2v) is 8.09. The highest BCUT2D eigenvalue weighted by molar-refractivity contribution is 8.03. The van der Waals surface area contributed by atoms with E-state index in [0.717, 1.165) is 28.0 Å².